The minimum Gasteiger partial charge on any atom is -0.490 e. The van der Waals surface area contributed by atoms with E-state index in [-0.39, 0.29) is 6.10 Å². The number of ether oxygens (including phenoxy) is 2. The minimum absolute atomic E-state index is 0.238. The smallest absolute Gasteiger partial charge is 0.128 e. The van der Waals surface area contributed by atoms with Crippen LogP contribution in [0.1, 0.15) is 31.9 Å². The molecule has 3 heteroatoms. The van der Waals surface area contributed by atoms with Crippen molar-refractivity contribution in [3.05, 3.63) is 54.1 Å². The Morgan fingerprint density at radius 2 is 1.95 bits per heavy atom. The first-order chi connectivity index (χ1) is 10.3. The van der Waals surface area contributed by atoms with Crippen molar-refractivity contribution in [3.8, 4) is 17.2 Å². The molecule has 0 fully saturated rings. The normalized spacial score (nSPS) is 20.5. The zero-order valence-electron chi connectivity index (χ0n) is 12.5. The first-order valence-electron chi connectivity index (χ1n) is 7.53. The van der Waals surface area contributed by atoms with Crippen molar-refractivity contribution in [2.45, 2.75) is 32.4 Å². The number of benzene rings is 2. The van der Waals surface area contributed by atoms with Gasteiger partial charge in [0.05, 0.1) is 6.10 Å². The molecule has 110 valence electrons. The lowest BCUT2D eigenvalue weighted by Crippen LogP contribution is -2.31. The molecule has 2 aromatic carbocycles. The third kappa shape index (κ3) is 3.19. The maximum Gasteiger partial charge on any atom is 0.128 e. The number of nitrogens with one attached hydrogen (secondary N) is 1. The van der Waals surface area contributed by atoms with E-state index < -0.39 is 0 Å². The molecule has 0 radical (unpaired) electrons. The molecule has 0 bridgehead atoms. The maximum absolute atomic E-state index is 5.92. The molecule has 0 saturated carbocycles. The van der Waals surface area contributed by atoms with E-state index in [1.807, 2.05) is 42.5 Å². The van der Waals surface area contributed by atoms with Crippen LogP contribution < -0.4 is 14.8 Å². The fourth-order valence-electron chi connectivity index (χ4n) is 2.76. The van der Waals surface area contributed by atoms with E-state index >= 15 is 0 Å². The van der Waals surface area contributed by atoms with Gasteiger partial charge in [0.25, 0.3) is 0 Å². The van der Waals surface area contributed by atoms with Crippen molar-refractivity contribution in [1.29, 1.82) is 0 Å². The molecule has 1 N–H and O–H groups in total. The molecular formula is C18H21NO2. The van der Waals surface area contributed by atoms with E-state index in [0.717, 1.165) is 30.2 Å². The molecule has 0 aromatic heterocycles. The SMILES string of the molecule is CCNC1CC(C)Oc2ccc(Oc3ccccc3)cc21. The third-order valence-corrected chi connectivity index (χ3v) is 3.68. The van der Waals surface area contributed by atoms with Gasteiger partial charge in [-0.3, -0.25) is 0 Å². The Balaban J connectivity index is 1.87. The Hall–Kier alpha value is -2.00. The second-order valence-corrected chi connectivity index (χ2v) is 5.39. The fourth-order valence-corrected chi connectivity index (χ4v) is 2.76. The molecule has 2 aromatic rings. The second-order valence-electron chi connectivity index (χ2n) is 5.39. The lowest BCUT2D eigenvalue weighted by atomic mass is 9.97. The van der Waals surface area contributed by atoms with Gasteiger partial charge in [-0.15, -0.1) is 0 Å². The number of hydrogen-bond acceptors (Lipinski definition) is 3. The Labute approximate surface area is 125 Å². The quantitative estimate of drug-likeness (QED) is 0.907. The highest BCUT2D eigenvalue weighted by Gasteiger charge is 2.25. The van der Waals surface area contributed by atoms with Crippen molar-refractivity contribution < 1.29 is 9.47 Å². The van der Waals surface area contributed by atoms with Crippen LogP contribution in [0.25, 0.3) is 0 Å². The molecule has 2 atom stereocenters. The molecule has 0 spiro atoms. The first-order valence-corrected chi connectivity index (χ1v) is 7.53. The van der Waals surface area contributed by atoms with Crippen LogP contribution in [0.2, 0.25) is 0 Å². The molecule has 1 heterocycles. The molecule has 3 rings (SSSR count). The largest absolute Gasteiger partial charge is 0.490 e. The van der Waals surface area contributed by atoms with E-state index in [1.165, 1.54) is 5.56 Å². The Morgan fingerprint density at radius 3 is 2.71 bits per heavy atom. The molecular weight excluding hydrogens is 262 g/mol. The van der Waals surface area contributed by atoms with Crippen LogP contribution in [0, 0.1) is 0 Å². The van der Waals surface area contributed by atoms with Gasteiger partial charge in [0.2, 0.25) is 0 Å². The summed E-state index contributed by atoms with van der Waals surface area (Å²) in [5.41, 5.74) is 1.18. The zero-order chi connectivity index (χ0) is 14.7. The van der Waals surface area contributed by atoms with Gasteiger partial charge in [-0.05, 0) is 43.8 Å². The highest BCUT2D eigenvalue weighted by molar-refractivity contribution is 5.45. The van der Waals surface area contributed by atoms with Gasteiger partial charge in [-0.1, -0.05) is 25.1 Å². The Bertz CT molecular complexity index is 597. The third-order valence-electron chi connectivity index (χ3n) is 3.68. The predicted octanol–water partition coefficient (Wildman–Crippen LogP) is 4.30. The van der Waals surface area contributed by atoms with Crippen LogP contribution in [0.5, 0.6) is 17.2 Å². The van der Waals surface area contributed by atoms with Crippen LogP contribution in [-0.2, 0) is 0 Å². The summed E-state index contributed by atoms with van der Waals surface area (Å²) in [6, 6.07) is 16.2. The van der Waals surface area contributed by atoms with Crippen molar-refractivity contribution >= 4 is 0 Å². The number of para-hydroxylation sites is 1. The summed E-state index contributed by atoms with van der Waals surface area (Å²) in [6.07, 6.45) is 1.22. The summed E-state index contributed by atoms with van der Waals surface area (Å²) < 4.78 is 11.8. The molecule has 0 saturated heterocycles. The Morgan fingerprint density at radius 1 is 1.14 bits per heavy atom. The van der Waals surface area contributed by atoms with Crippen LogP contribution in [-0.4, -0.2) is 12.6 Å². The van der Waals surface area contributed by atoms with E-state index in [0.29, 0.717) is 6.04 Å². The average molecular weight is 283 g/mol. The highest BCUT2D eigenvalue weighted by Crippen LogP contribution is 2.37. The van der Waals surface area contributed by atoms with E-state index in [2.05, 4.69) is 25.2 Å². The lowest BCUT2D eigenvalue weighted by Gasteiger charge is -2.31. The van der Waals surface area contributed by atoms with Gasteiger partial charge in [0.15, 0.2) is 0 Å². The summed E-state index contributed by atoms with van der Waals surface area (Å²) in [5, 5.41) is 3.53. The van der Waals surface area contributed by atoms with Gasteiger partial charge in [-0.2, -0.15) is 0 Å². The maximum atomic E-state index is 5.92. The molecule has 3 nitrogen and oxygen atoms in total. The van der Waals surface area contributed by atoms with Gasteiger partial charge in [-0.25, -0.2) is 0 Å². The number of fused-ring (bicyclic) bond motifs is 1. The summed E-state index contributed by atoms with van der Waals surface area (Å²) >= 11 is 0. The monoisotopic (exact) mass is 283 g/mol. The molecule has 21 heavy (non-hydrogen) atoms. The van der Waals surface area contributed by atoms with Crippen LogP contribution in [0.15, 0.2) is 48.5 Å². The zero-order valence-corrected chi connectivity index (χ0v) is 12.5. The summed E-state index contributed by atoms with van der Waals surface area (Å²) in [4.78, 5) is 0. The van der Waals surface area contributed by atoms with Gasteiger partial charge in [0.1, 0.15) is 17.2 Å². The van der Waals surface area contributed by atoms with Crippen molar-refractivity contribution in [3.63, 3.8) is 0 Å². The van der Waals surface area contributed by atoms with Crippen molar-refractivity contribution in [2.24, 2.45) is 0 Å². The van der Waals surface area contributed by atoms with Gasteiger partial charge < -0.3 is 14.8 Å². The van der Waals surface area contributed by atoms with Crippen molar-refractivity contribution in [2.75, 3.05) is 6.54 Å². The van der Waals surface area contributed by atoms with Crippen LogP contribution in [0.3, 0.4) is 0 Å². The predicted molar refractivity (Wildman–Crippen MR) is 84.1 cm³/mol. The molecule has 0 aliphatic carbocycles. The van der Waals surface area contributed by atoms with Crippen LogP contribution >= 0.6 is 0 Å². The topological polar surface area (TPSA) is 30.5 Å². The highest BCUT2D eigenvalue weighted by atomic mass is 16.5. The number of rotatable bonds is 4. The van der Waals surface area contributed by atoms with Gasteiger partial charge in [0, 0.05) is 18.0 Å². The Kier molecular flexibility index (Phi) is 4.11. The number of hydrogen-bond donors (Lipinski definition) is 1. The van der Waals surface area contributed by atoms with E-state index in [4.69, 9.17) is 9.47 Å². The second kappa shape index (κ2) is 6.19. The minimum atomic E-state index is 0.238. The molecule has 2 unspecified atom stereocenters. The van der Waals surface area contributed by atoms with Crippen LogP contribution in [0.4, 0.5) is 0 Å². The molecule has 1 aliphatic heterocycles. The molecule has 0 amide bonds. The summed E-state index contributed by atoms with van der Waals surface area (Å²) in [7, 11) is 0. The van der Waals surface area contributed by atoms with Gasteiger partial charge >= 0.3 is 0 Å². The van der Waals surface area contributed by atoms with E-state index in [1.54, 1.807) is 0 Å². The molecule has 1 aliphatic rings. The van der Waals surface area contributed by atoms with Crippen molar-refractivity contribution in [1.82, 2.24) is 5.32 Å². The average Bonchev–Trinajstić information content (AvgIpc) is 2.49. The first kappa shape index (κ1) is 14.0. The fraction of sp³-hybridized carbons (Fsp3) is 0.333. The summed E-state index contributed by atoms with van der Waals surface area (Å²) in [5.74, 6) is 2.66. The van der Waals surface area contributed by atoms with E-state index in [9.17, 15) is 0 Å². The lowest BCUT2D eigenvalue weighted by molar-refractivity contribution is 0.167. The standard InChI is InChI=1S/C18H21NO2/c1-3-19-17-11-13(2)20-18-10-9-15(12-16(17)18)21-14-7-5-4-6-8-14/h4-10,12-13,17,19H,3,11H2,1-2H3. The summed E-state index contributed by atoms with van der Waals surface area (Å²) in [6.45, 7) is 5.19.